The van der Waals surface area contributed by atoms with Gasteiger partial charge in [-0.05, 0) is 43.5 Å². The first-order valence-corrected chi connectivity index (χ1v) is 13.3. The van der Waals surface area contributed by atoms with E-state index in [1.807, 2.05) is 18.7 Å². The fourth-order valence-corrected chi connectivity index (χ4v) is 4.39. The number of fused-ring (bicyclic) bond motifs is 1. The van der Waals surface area contributed by atoms with Gasteiger partial charge in [-0.2, -0.15) is 13.2 Å². The lowest BCUT2D eigenvalue weighted by Gasteiger charge is -2.32. The molecule has 40 heavy (non-hydrogen) atoms. The lowest BCUT2D eigenvalue weighted by Crippen LogP contribution is -2.50. The Labute approximate surface area is 230 Å². The predicted octanol–water partition coefficient (Wildman–Crippen LogP) is 1.59. The molecule has 224 valence electrons. The van der Waals surface area contributed by atoms with Gasteiger partial charge in [-0.25, -0.2) is 4.98 Å². The molecule has 0 bridgehead atoms. The quantitative estimate of drug-likeness (QED) is 0.362. The van der Waals surface area contributed by atoms with Crippen LogP contribution in [0.25, 0.3) is 11.0 Å². The van der Waals surface area contributed by atoms with Gasteiger partial charge in [0.1, 0.15) is 18.3 Å². The number of imidazole rings is 1. The number of rotatable bonds is 5. The summed E-state index contributed by atoms with van der Waals surface area (Å²) >= 11 is 0. The summed E-state index contributed by atoms with van der Waals surface area (Å²) in [5, 5.41) is 33.6. The Bertz CT molecular complexity index is 1130. The van der Waals surface area contributed by atoms with Gasteiger partial charge in [0.25, 0.3) is 0 Å². The summed E-state index contributed by atoms with van der Waals surface area (Å²) < 4.78 is 44.3. The molecule has 1 aliphatic rings. The van der Waals surface area contributed by atoms with Crippen LogP contribution >= 0.6 is 0 Å². The number of hydrogen-bond acceptors (Lipinski definition) is 8. The number of aromatic amines is 1. The average Bonchev–Trinajstić information content (AvgIpc) is 3.30. The minimum Gasteiger partial charge on any atom is -0.388 e. The highest BCUT2D eigenvalue weighted by atomic mass is 19.4. The molecule has 2 heterocycles. The van der Waals surface area contributed by atoms with Gasteiger partial charge in [0.05, 0.1) is 24.2 Å². The number of ether oxygens (including phenoxy) is 1. The van der Waals surface area contributed by atoms with Gasteiger partial charge in [-0.15, -0.1) is 0 Å². The van der Waals surface area contributed by atoms with E-state index < -0.39 is 36.2 Å². The molecule has 2 aromatic rings. The van der Waals surface area contributed by atoms with E-state index in [1.165, 1.54) is 23.1 Å². The lowest BCUT2D eigenvalue weighted by molar-refractivity contribution is -0.144. The van der Waals surface area contributed by atoms with Gasteiger partial charge in [-0.3, -0.25) is 14.5 Å². The molecule has 1 aromatic heterocycles. The number of aliphatic hydroxyl groups excluding tert-OH is 3. The predicted molar refractivity (Wildman–Crippen MR) is 140 cm³/mol. The van der Waals surface area contributed by atoms with Gasteiger partial charge in [0.15, 0.2) is 0 Å². The van der Waals surface area contributed by atoms with Crippen molar-refractivity contribution in [1.29, 1.82) is 0 Å². The van der Waals surface area contributed by atoms with E-state index >= 15 is 0 Å². The zero-order valence-electron chi connectivity index (χ0n) is 22.7. The fraction of sp³-hybridized carbons (Fsp3) is 0.654. The van der Waals surface area contributed by atoms with Crippen molar-refractivity contribution in [2.24, 2.45) is 5.92 Å². The maximum absolute atomic E-state index is 13.0. The smallest absolute Gasteiger partial charge is 0.388 e. The maximum Gasteiger partial charge on any atom is 0.449 e. The molecule has 2 amide bonds. The highest BCUT2D eigenvalue weighted by Gasteiger charge is 2.34. The van der Waals surface area contributed by atoms with E-state index in [4.69, 9.17) is 4.74 Å². The van der Waals surface area contributed by atoms with Gasteiger partial charge >= 0.3 is 6.18 Å². The molecule has 1 aliphatic heterocycles. The molecular weight excluding hydrogens is 535 g/mol. The topological polar surface area (TPSA) is 151 Å². The third-order valence-electron chi connectivity index (χ3n) is 6.52. The first-order valence-electron chi connectivity index (χ1n) is 13.3. The largest absolute Gasteiger partial charge is 0.449 e. The van der Waals surface area contributed by atoms with Crippen molar-refractivity contribution in [2.45, 2.75) is 57.6 Å². The summed E-state index contributed by atoms with van der Waals surface area (Å²) in [6.07, 6.45) is -7.34. The van der Waals surface area contributed by atoms with E-state index in [9.17, 15) is 38.1 Å². The number of H-pyrrole nitrogens is 1. The molecule has 11 nitrogen and oxygen atoms in total. The third-order valence-corrected chi connectivity index (χ3v) is 6.52. The van der Waals surface area contributed by atoms with Crippen molar-refractivity contribution in [3.8, 4) is 0 Å². The molecule has 0 saturated carbocycles. The van der Waals surface area contributed by atoms with Crippen molar-refractivity contribution in [3.63, 3.8) is 0 Å². The molecule has 14 heteroatoms. The first kappa shape index (κ1) is 31.7. The van der Waals surface area contributed by atoms with Crippen LogP contribution < -0.4 is 5.32 Å². The molecule has 0 aliphatic carbocycles. The maximum atomic E-state index is 13.0. The number of aliphatic hydroxyl groups is 3. The Hall–Kier alpha value is -2.78. The Morgan fingerprint density at radius 1 is 1.15 bits per heavy atom. The van der Waals surface area contributed by atoms with Gasteiger partial charge in [0.2, 0.25) is 17.6 Å². The molecule has 1 fully saturated rings. The average molecular weight is 574 g/mol. The van der Waals surface area contributed by atoms with Crippen LogP contribution in [0.4, 0.5) is 18.9 Å². The van der Waals surface area contributed by atoms with Gasteiger partial charge in [-0.1, -0.05) is 13.8 Å². The summed E-state index contributed by atoms with van der Waals surface area (Å²) in [6.45, 7) is 4.61. The van der Waals surface area contributed by atoms with E-state index in [2.05, 4.69) is 15.3 Å². The Morgan fingerprint density at radius 2 is 1.90 bits per heavy atom. The number of hydrogen-bond donors (Lipinski definition) is 5. The number of aromatic nitrogens is 2. The zero-order chi connectivity index (χ0) is 29.4. The number of benzene rings is 1. The number of carbonyl (C=O) groups excluding carboxylic acids is 2. The van der Waals surface area contributed by atoms with Crippen LogP contribution in [0.15, 0.2) is 18.2 Å². The number of anilines is 1. The zero-order valence-corrected chi connectivity index (χ0v) is 22.7. The Morgan fingerprint density at radius 3 is 2.60 bits per heavy atom. The van der Waals surface area contributed by atoms with Gasteiger partial charge in [0, 0.05) is 38.3 Å². The summed E-state index contributed by atoms with van der Waals surface area (Å²) in [6, 6.07) is 4.23. The molecular formula is C26H38F3N5O6. The second-order valence-electron chi connectivity index (χ2n) is 10.5. The third kappa shape index (κ3) is 9.41. The van der Waals surface area contributed by atoms with Crippen LogP contribution in [0.3, 0.4) is 0 Å². The second kappa shape index (κ2) is 14.2. The molecule has 3 atom stereocenters. The molecule has 5 N–H and O–H groups in total. The highest BCUT2D eigenvalue weighted by molar-refractivity contribution is 5.94. The molecule has 1 saturated heterocycles. The summed E-state index contributed by atoms with van der Waals surface area (Å²) in [7, 11) is 0. The normalized spacial score (nSPS) is 22.8. The summed E-state index contributed by atoms with van der Waals surface area (Å²) in [4.78, 5) is 34.8. The van der Waals surface area contributed by atoms with E-state index in [1.54, 1.807) is 0 Å². The van der Waals surface area contributed by atoms with Crippen molar-refractivity contribution in [1.82, 2.24) is 19.8 Å². The number of amides is 2. The van der Waals surface area contributed by atoms with Crippen molar-refractivity contribution in [3.05, 3.63) is 24.0 Å². The number of β-amino-alcohol motifs (C(OH)–C–C–N with tert-alkyl or cyclic N) is 1. The van der Waals surface area contributed by atoms with E-state index in [0.717, 1.165) is 0 Å². The van der Waals surface area contributed by atoms with Crippen molar-refractivity contribution >= 4 is 28.5 Å². The number of alkyl halides is 3. The standard InChI is InChI=1S/C26H38F3N5O6/c1-16(2)11-23(38)34-9-8-33(7-3-4-10-40-15-21(36)24(39)20(35)13-34)14-22(37)30-17-5-6-18-19(12-17)32-25(31-18)26(27,28)29/h5-6,12,16,20-21,24,35-36,39H,3-4,7-11,13-15H2,1-2H3,(H,30,37)(H,31,32)/t20-,21+,24+/m0/s1. The monoisotopic (exact) mass is 573 g/mol. The van der Waals surface area contributed by atoms with Gasteiger partial charge < -0.3 is 35.3 Å². The van der Waals surface area contributed by atoms with Crippen molar-refractivity contribution in [2.75, 3.05) is 51.3 Å². The first-order chi connectivity index (χ1) is 18.8. The number of carbonyl (C=O) groups is 2. The summed E-state index contributed by atoms with van der Waals surface area (Å²) in [5.41, 5.74) is 0.552. The van der Waals surface area contributed by atoms with Crippen LogP contribution in [0, 0.1) is 5.92 Å². The molecule has 1 aromatic carbocycles. The second-order valence-corrected chi connectivity index (χ2v) is 10.5. The number of nitrogens with zero attached hydrogens (tertiary/aromatic N) is 3. The van der Waals surface area contributed by atoms with Crippen LogP contribution in [0.5, 0.6) is 0 Å². The minimum absolute atomic E-state index is 0.0498. The molecule has 0 spiro atoms. The molecule has 0 radical (unpaired) electrons. The SMILES string of the molecule is CC(C)CC(=O)N1CCN(CC(=O)Nc2ccc3nc(C(F)(F)F)[nH]c3c2)CCCCOC[C@@H](O)[C@H](O)[C@@H](O)C1. The van der Waals surface area contributed by atoms with Crippen LogP contribution in [0.2, 0.25) is 0 Å². The Kier molecular flexibility index (Phi) is 11.3. The van der Waals surface area contributed by atoms with Crippen LogP contribution in [0.1, 0.15) is 38.9 Å². The van der Waals surface area contributed by atoms with E-state index in [0.29, 0.717) is 31.7 Å². The summed E-state index contributed by atoms with van der Waals surface area (Å²) in [5.74, 6) is -1.69. The van der Waals surface area contributed by atoms with Crippen LogP contribution in [-0.4, -0.2) is 111 Å². The lowest BCUT2D eigenvalue weighted by atomic mass is 10.1. The minimum atomic E-state index is -4.62. The van der Waals surface area contributed by atoms with Crippen LogP contribution in [-0.2, 0) is 20.5 Å². The Balaban J connectivity index is 1.69. The highest BCUT2D eigenvalue weighted by Crippen LogP contribution is 2.29. The molecule has 0 unspecified atom stereocenters. The van der Waals surface area contributed by atoms with E-state index in [-0.39, 0.29) is 62.1 Å². The number of halogens is 3. The molecule has 3 rings (SSSR count). The fourth-order valence-electron chi connectivity index (χ4n) is 4.39. The number of nitrogens with one attached hydrogen (secondary N) is 2. The van der Waals surface area contributed by atoms with Crippen molar-refractivity contribution < 1.29 is 42.8 Å².